The van der Waals surface area contributed by atoms with Gasteiger partial charge >= 0.3 is 0 Å². The summed E-state index contributed by atoms with van der Waals surface area (Å²) in [5.41, 5.74) is 0.642. The summed E-state index contributed by atoms with van der Waals surface area (Å²) in [7, 11) is -3.59. The highest BCUT2D eigenvalue weighted by Crippen LogP contribution is 2.20. The molecule has 0 atom stereocenters. The number of hydrogen-bond acceptors (Lipinski definition) is 5. The molecule has 2 aromatic heterocycles. The molecule has 2 aromatic rings. The van der Waals surface area contributed by atoms with Gasteiger partial charge in [-0.3, -0.25) is 5.10 Å². The number of hydrogen-bond donors (Lipinski definition) is 3. The Hall–Kier alpha value is -0.740. The molecule has 0 spiro atoms. The molecule has 0 aliphatic rings. The van der Waals surface area contributed by atoms with E-state index in [0.717, 1.165) is 22.3 Å². The van der Waals surface area contributed by atoms with Crippen LogP contribution in [0.2, 0.25) is 0 Å². The summed E-state index contributed by atoms with van der Waals surface area (Å²) in [4.78, 5) is 0.940. The minimum Gasteiger partial charge on any atom is -0.313 e. The fourth-order valence-electron chi connectivity index (χ4n) is 1.74. The number of aromatic nitrogens is 2. The maximum Gasteiger partial charge on any atom is 0.258 e. The van der Waals surface area contributed by atoms with Gasteiger partial charge < -0.3 is 5.32 Å². The van der Waals surface area contributed by atoms with Crippen LogP contribution in [0.1, 0.15) is 23.8 Å². The average Bonchev–Trinajstić information content (AvgIpc) is 3.06. The van der Waals surface area contributed by atoms with E-state index >= 15 is 0 Å². The highest BCUT2D eigenvalue weighted by molar-refractivity contribution is 9.10. The Morgan fingerprint density at radius 2 is 2.24 bits per heavy atom. The van der Waals surface area contributed by atoms with Crippen molar-refractivity contribution >= 4 is 37.3 Å². The minimum atomic E-state index is -3.59. The van der Waals surface area contributed by atoms with Gasteiger partial charge in [-0.25, -0.2) is 13.1 Å². The van der Waals surface area contributed by atoms with Crippen molar-refractivity contribution in [2.45, 2.75) is 31.5 Å². The third-order valence-electron chi connectivity index (χ3n) is 2.75. The summed E-state index contributed by atoms with van der Waals surface area (Å²) < 4.78 is 28.2. The second-order valence-electron chi connectivity index (χ2n) is 4.46. The number of thiophene rings is 1. The molecular weight excluding hydrogens is 376 g/mol. The van der Waals surface area contributed by atoms with Crippen LogP contribution in [0.15, 0.2) is 27.1 Å². The monoisotopic (exact) mass is 392 g/mol. The molecule has 0 aliphatic carbocycles. The van der Waals surface area contributed by atoms with Gasteiger partial charge in [0.25, 0.3) is 10.0 Å². The van der Waals surface area contributed by atoms with E-state index in [2.05, 4.69) is 43.1 Å². The molecule has 2 heterocycles. The fraction of sp³-hybridized carbons (Fsp3) is 0.417. The second kappa shape index (κ2) is 7.50. The van der Waals surface area contributed by atoms with E-state index in [0.29, 0.717) is 12.1 Å². The molecule has 0 unspecified atom stereocenters. The first-order valence-electron chi connectivity index (χ1n) is 6.48. The van der Waals surface area contributed by atoms with Crippen molar-refractivity contribution in [2.75, 3.05) is 6.54 Å². The molecule has 0 aromatic carbocycles. The molecule has 21 heavy (non-hydrogen) atoms. The fourth-order valence-corrected chi connectivity index (χ4v) is 4.36. The Balaban J connectivity index is 2.03. The molecule has 116 valence electrons. The van der Waals surface area contributed by atoms with Crippen molar-refractivity contribution in [3.05, 3.63) is 32.6 Å². The van der Waals surface area contributed by atoms with Crippen molar-refractivity contribution < 1.29 is 8.42 Å². The van der Waals surface area contributed by atoms with Gasteiger partial charge in [0.2, 0.25) is 0 Å². The van der Waals surface area contributed by atoms with Gasteiger partial charge in [-0.05, 0) is 35.0 Å². The first kappa shape index (κ1) is 16.6. The Morgan fingerprint density at radius 1 is 1.43 bits per heavy atom. The van der Waals surface area contributed by atoms with Gasteiger partial charge in [-0.15, -0.1) is 11.3 Å². The summed E-state index contributed by atoms with van der Waals surface area (Å²) in [6.07, 6.45) is 2.53. The molecule has 0 amide bonds. The quantitative estimate of drug-likeness (QED) is 0.601. The standard InChI is InChI=1S/C12H17BrN4O2S2/c1-2-3-14-5-9-6-15-17-12(9)21(18,19)16-7-11-4-10(13)8-20-11/h4,6,8,14,16H,2-3,5,7H2,1H3,(H,15,17). The third-order valence-corrected chi connectivity index (χ3v) is 5.86. The summed E-state index contributed by atoms with van der Waals surface area (Å²) in [5, 5.41) is 11.6. The summed E-state index contributed by atoms with van der Waals surface area (Å²) >= 11 is 4.84. The number of nitrogens with one attached hydrogen (secondary N) is 3. The molecule has 0 saturated heterocycles. The van der Waals surface area contributed by atoms with Crippen molar-refractivity contribution in [3.8, 4) is 0 Å². The number of sulfonamides is 1. The zero-order valence-electron chi connectivity index (χ0n) is 11.5. The number of halogens is 1. The molecule has 0 radical (unpaired) electrons. The van der Waals surface area contributed by atoms with Crippen molar-refractivity contribution in [2.24, 2.45) is 0 Å². The lowest BCUT2D eigenvalue weighted by Gasteiger charge is -2.07. The van der Waals surface area contributed by atoms with Crippen LogP contribution < -0.4 is 10.0 Å². The Bertz CT molecular complexity index is 681. The van der Waals surface area contributed by atoms with Crippen molar-refractivity contribution in [3.63, 3.8) is 0 Å². The highest BCUT2D eigenvalue weighted by atomic mass is 79.9. The number of nitrogens with zero attached hydrogens (tertiary/aromatic N) is 1. The molecule has 0 aliphatic heterocycles. The van der Waals surface area contributed by atoms with Crippen LogP contribution in [-0.2, 0) is 23.1 Å². The SMILES string of the molecule is CCCNCc1cn[nH]c1S(=O)(=O)NCc1cc(Br)cs1. The van der Waals surface area contributed by atoms with Crippen LogP contribution in [0, 0.1) is 0 Å². The van der Waals surface area contributed by atoms with E-state index < -0.39 is 10.0 Å². The summed E-state index contributed by atoms with van der Waals surface area (Å²) in [6, 6.07) is 1.89. The second-order valence-corrected chi connectivity index (χ2v) is 8.07. The summed E-state index contributed by atoms with van der Waals surface area (Å²) in [6.45, 7) is 3.63. The van der Waals surface area contributed by atoms with Gasteiger partial charge in [0.15, 0.2) is 5.03 Å². The first-order valence-corrected chi connectivity index (χ1v) is 9.64. The van der Waals surface area contributed by atoms with Gasteiger partial charge in [-0.2, -0.15) is 5.10 Å². The Kier molecular flexibility index (Phi) is 5.94. The van der Waals surface area contributed by atoms with Crippen molar-refractivity contribution in [1.82, 2.24) is 20.2 Å². The van der Waals surface area contributed by atoms with Gasteiger partial charge in [0.05, 0.1) is 6.20 Å². The van der Waals surface area contributed by atoms with E-state index in [9.17, 15) is 8.42 Å². The predicted octanol–water partition coefficient (Wildman–Crippen LogP) is 2.21. The Morgan fingerprint density at radius 3 is 2.90 bits per heavy atom. The van der Waals surface area contributed by atoms with Crippen LogP contribution in [-0.4, -0.2) is 25.2 Å². The number of aromatic amines is 1. The largest absolute Gasteiger partial charge is 0.313 e. The smallest absolute Gasteiger partial charge is 0.258 e. The molecule has 6 nitrogen and oxygen atoms in total. The predicted molar refractivity (Wildman–Crippen MR) is 86.6 cm³/mol. The van der Waals surface area contributed by atoms with E-state index in [1.165, 1.54) is 11.3 Å². The minimum absolute atomic E-state index is 0.127. The van der Waals surface area contributed by atoms with Crippen LogP contribution in [0.4, 0.5) is 0 Å². The van der Waals surface area contributed by atoms with Crippen LogP contribution in [0.3, 0.4) is 0 Å². The van der Waals surface area contributed by atoms with Gasteiger partial charge in [0, 0.05) is 33.4 Å². The van der Waals surface area contributed by atoms with Crippen LogP contribution in [0.25, 0.3) is 0 Å². The maximum atomic E-state index is 12.3. The normalized spacial score (nSPS) is 11.9. The zero-order chi connectivity index (χ0) is 15.3. The topological polar surface area (TPSA) is 86.9 Å². The Labute approximate surface area is 136 Å². The van der Waals surface area contributed by atoms with Crippen molar-refractivity contribution in [1.29, 1.82) is 0 Å². The van der Waals surface area contributed by atoms with E-state index in [1.807, 2.05) is 11.4 Å². The summed E-state index contributed by atoms with van der Waals surface area (Å²) in [5.74, 6) is 0. The van der Waals surface area contributed by atoms with E-state index in [4.69, 9.17) is 0 Å². The molecular formula is C12H17BrN4O2S2. The van der Waals surface area contributed by atoms with Crippen LogP contribution in [0.5, 0.6) is 0 Å². The maximum absolute atomic E-state index is 12.3. The molecule has 3 N–H and O–H groups in total. The molecule has 9 heteroatoms. The number of H-pyrrole nitrogens is 1. The molecule has 2 rings (SSSR count). The lowest BCUT2D eigenvalue weighted by Crippen LogP contribution is -2.25. The first-order chi connectivity index (χ1) is 10.0. The number of rotatable bonds is 8. The van der Waals surface area contributed by atoms with E-state index in [-0.39, 0.29) is 11.6 Å². The van der Waals surface area contributed by atoms with Gasteiger partial charge in [-0.1, -0.05) is 6.92 Å². The van der Waals surface area contributed by atoms with E-state index in [1.54, 1.807) is 6.20 Å². The van der Waals surface area contributed by atoms with Crippen LogP contribution >= 0.6 is 27.3 Å². The molecule has 0 bridgehead atoms. The lowest BCUT2D eigenvalue weighted by atomic mass is 10.3. The average molecular weight is 393 g/mol. The lowest BCUT2D eigenvalue weighted by molar-refractivity contribution is 0.574. The highest BCUT2D eigenvalue weighted by Gasteiger charge is 2.20. The molecule has 0 saturated carbocycles. The third kappa shape index (κ3) is 4.62. The zero-order valence-corrected chi connectivity index (χ0v) is 14.7. The van der Waals surface area contributed by atoms with Gasteiger partial charge in [0.1, 0.15) is 0 Å². The molecule has 0 fully saturated rings.